The molecule has 1 aliphatic heterocycles. The Morgan fingerprint density at radius 1 is 0.614 bits per heavy atom. The quantitative estimate of drug-likeness (QED) is 0.0235. The van der Waals surface area contributed by atoms with Crippen LogP contribution >= 0.6 is 0 Å². The van der Waals surface area contributed by atoms with E-state index >= 15 is 0 Å². The van der Waals surface area contributed by atoms with E-state index in [1.807, 2.05) is 0 Å². The van der Waals surface area contributed by atoms with Gasteiger partial charge < -0.3 is 50.5 Å². The minimum Gasteiger partial charge on any atom is -0.394 e. The normalized spacial score (nSPS) is 22.4. The summed E-state index contributed by atoms with van der Waals surface area (Å²) < 4.78 is 11.1. The molecule has 9 atom stereocenters. The minimum atomic E-state index is -1.67. The van der Waals surface area contributed by atoms with Crippen LogP contribution in [0.15, 0.2) is 36.5 Å². The Bertz CT molecular complexity index is 1020. The van der Waals surface area contributed by atoms with Crippen molar-refractivity contribution in [2.24, 2.45) is 0 Å². The van der Waals surface area contributed by atoms with Gasteiger partial charge in [0.1, 0.15) is 36.6 Å². The molecule has 0 saturated carbocycles. The first-order valence-corrected chi connectivity index (χ1v) is 22.9. The fraction of sp³-hybridized carbons (Fsp3) is 0.848. The number of aliphatic hydroxyl groups is 7. The molecule has 1 amide bonds. The molecule has 11 heteroatoms. The van der Waals surface area contributed by atoms with Crippen LogP contribution in [0.2, 0.25) is 0 Å². The second-order valence-corrected chi connectivity index (χ2v) is 16.1. The van der Waals surface area contributed by atoms with E-state index in [4.69, 9.17) is 9.47 Å². The molecule has 1 fully saturated rings. The molecule has 11 nitrogen and oxygen atoms in total. The average Bonchev–Trinajstić information content (AvgIpc) is 3.21. The van der Waals surface area contributed by atoms with E-state index in [1.54, 1.807) is 0 Å². The fourth-order valence-electron chi connectivity index (χ4n) is 7.06. The van der Waals surface area contributed by atoms with Crippen molar-refractivity contribution in [3.63, 3.8) is 0 Å². The molecule has 0 aromatic heterocycles. The van der Waals surface area contributed by atoms with Gasteiger partial charge in [0.05, 0.1) is 25.4 Å². The van der Waals surface area contributed by atoms with E-state index in [1.165, 1.54) is 77.0 Å². The first-order chi connectivity index (χ1) is 27.7. The molecule has 0 radical (unpaired) electrons. The van der Waals surface area contributed by atoms with Crippen molar-refractivity contribution < 1.29 is 50.0 Å². The minimum absolute atomic E-state index is 0.241. The topological polar surface area (TPSA) is 189 Å². The number of rotatable bonds is 37. The summed E-state index contributed by atoms with van der Waals surface area (Å²) in [6.07, 6.45) is 29.0. The summed E-state index contributed by atoms with van der Waals surface area (Å²) in [5, 5.41) is 75.6. The van der Waals surface area contributed by atoms with Crippen molar-refractivity contribution in [2.45, 2.75) is 236 Å². The van der Waals surface area contributed by atoms with Crippen LogP contribution in [0, 0.1) is 0 Å². The Kier molecular flexibility index (Phi) is 33.9. The molecule has 8 N–H and O–H groups in total. The lowest BCUT2D eigenvalue weighted by Gasteiger charge is -2.40. The van der Waals surface area contributed by atoms with Gasteiger partial charge in [-0.25, -0.2) is 0 Å². The molecule has 0 bridgehead atoms. The number of carbonyl (C=O) groups excluding carboxylic acids is 1. The number of allylic oxidation sites excluding steroid dienone is 6. The van der Waals surface area contributed by atoms with E-state index in [9.17, 15) is 40.5 Å². The lowest BCUT2D eigenvalue weighted by molar-refractivity contribution is -0.303. The van der Waals surface area contributed by atoms with E-state index in [0.717, 1.165) is 64.2 Å². The Hall–Kier alpha value is -1.67. The Morgan fingerprint density at radius 2 is 1.09 bits per heavy atom. The lowest BCUT2D eigenvalue weighted by Crippen LogP contribution is -2.60. The largest absolute Gasteiger partial charge is 0.394 e. The molecular formula is C46H85NO10. The van der Waals surface area contributed by atoms with Crippen LogP contribution in [0.4, 0.5) is 0 Å². The molecule has 0 spiro atoms. The SMILES string of the molecule is CCCCC/C=C\C/C=C\CCCCCCCCC(O)C(=O)NC(COC1OC(CO)C(O)C(O)C1O)C(O)C(O)CCC/C=C/CCCCCCCCCCC. The maximum absolute atomic E-state index is 13.1. The first-order valence-electron chi connectivity index (χ1n) is 22.9. The van der Waals surface area contributed by atoms with Crippen LogP contribution in [0.25, 0.3) is 0 Å². The van der Waals surface area contributed by atoms with Crippen molar-refractivity contribution in [1.82, 2.24) is 5.32 Å². The third-order valence-corrected chi connectivity index (χ3v) is 10.9. The van der Waals surface area contributed by atoms with Gasteiger partial charge in [0.2, 0.25) is 5.91 Å². The summed E-state index contributed by atoms with van der Waals surface area (Å²) in [6.45, 7) is 3.38. The number of hydrogen-bond acceptors (Lipinski definition) is 10. The van der Waals surface area contributed by atoms with Crippen molar-refractivity contribution in [2.75, 3.05) is 13.2 Å². The van der Waals surface area contributed by atoms with Gasteiger partial charge in [-0.3, -0.25) is 4.79 Å². The molecule has 1 heterocycles. The number of ether oxygens (including phenoxy) is 2. The van der Waals surface area contributed by atoms with Gasteiger partial charge in [0, 0.05) is 0 Å². The second kappa shape index (κ2) is 36.2. The van der Waals surface area contributed by atoms with Crippen molar-refractivity contribution in [3.8, 4) is 0 Å². The number of amides is 1. The summed E-state index contributed by atoms with van der Waals surface area (Å²) in [6, 6.07) is -1.19. The standard InChI is InChI=1S/C46H85NO10/c1-3-5-7-9-11-13-15-17-19-20-22-24-26-28-30-32-34-39(50)45(55)47-37(36-56-46-44(54)43(53)42(52)40(35-48)57-46)41(51)38(49)33-31-29-27-25-23-21-18-16-14-12-10-8-6-4-2/h11,13,17,19,25,27,37-44,46,48-54H,3-10,12,14-16,18,20-24,26,28-36H2,1-2H3,(H,47,55)/b13-11-,19-17-,27-25+. The van der Waals surface area contributed by atoms with Crippen LogP contribution in [0.3, 0.4) is 0 Å². The van der Waals surface area contributed by atoms with Crippen molar-refractivity contribution in [3.05, 3.63) is 36.5 Å². The maximum atomic E-state index is 13.1. The molecule has 1 saturated heterocycles. The Morgan fingerprint density at radius 3 is 1.65 bits per heavy atom. The highest BCUT2D eigenvalue weighted by molar-refractivity contribution is 5.80. The van der Waals surface area contributed by atoms with Crippen molar-refractivity contribution in [1.29, 1.82) is 0 Å². The van der Waals surface area contributed by atoms with Crippen LogP contribution in [-0.4, -0.2) is 110 Å². The lowest BCUT2D eigenvalue weighted by atomic mass is 9.98. The highest BCUT2D eigenvalue weighted by Crippen LogP contribution is 2.23. The number of nitrogens with one attached hydrogen (secondary N) is 1. The van der Waals surface area contributed by atoms with Crippen molar-refractivity contribution >= 4 is 5.91 Å². The predicted molar refractivity (Wildman–Crippen MR) is 228 cm³/mol. The van der Waals surface area contributed by atoms with Gasteiger partial charge in [-0.1, -0.05) is 147 Å². The summed E-state index contributed by atoms with van der Waals surface area (Å²) in [5.74, 6) is -0.717. The molecule has 0 aromatic carbocycles. The summed E-state index contributed by atoms with van der Waals surface area (Å²) in [7, 11) is 0. The van der Waals surface area contributed by atoms with E-state index in [-0.39, 0.29) is 12.8 Å². The van der Waals surface area contributed by atoms with Crippen LogP contribution in [-0.2, 0) is 14.3 Å². The van der Waals surface area contributed by atoms with Crippen LogP contribution in [0.5, 0.6) is 0 Å². The second-order valence-electron chi connectivity index (χ2n) is 16.1. The zero-order valence-corrected chi connectivity index (χ0v) is 35.8. The van der Waals surface area contributed by atoms with E-state index < -0.39 is 74.2 Å². The molecule has 1 aliphatic rings. The molecule has 334 valence electrons. The number of hydrogen-bond donors (Lipinski definition) is 8. The number of unbranched alkanes of at least 4 members (excludes halogenated alkanes) is 19. The Labute approximate surface area is 346 Å². The molecule has 1 rings (SSSR count). The van der Waals surface area contributed by atoms with Gasteiger partial charge >= 0.3 is 0 Å². The van der Waals surface area contributed by atoms with Crippen LogP contribution in [0.1, 0.15) is 181 Å². The monoisotopic (exact) mass is 812 g/mol. The molecule has 0 aromatic rings. The third-order valence-electron chi connectivity index (χ3n) is 10.9. The smallest absolute Gasteiger partial charge is 0.249 e. The van der Waals surface area contributed by atoms with Gasteiger partial charge in [0.15, 0.2) is 6.29 Å². The van der Waals surface area contributed by atoms with E-state index in [2.05, 4.69) is 55.6 Å². The number of aliphatic hydroxyl groups excluding tert-OH is 7. The van der Waals surface area contributed by atoms with Gasteiger partial charge in [-0.05, 0) is 70.6 Å². The Balaban J connectivity index is 2.50. The molecule has 57 heavy (non-hydrogen) atoms. The summed E-state index contributed by atoms with van der Waals surface area (Å²) in [4.78, 5) is 13.1. The molecular weight excluding hydrogens is 727 g/mol. The predicted octanol–water partition coefficient (Wildman–Crippen LogP) is 7.22. The maximum Gasteiger partial charge on any atom is 0.249 e. The van der Waals surface area contributed by atoms with Crippen LogP contribution < -0.4 is 5.32 Å². The molecule has 9 unspecified atom stereocenters. The average molecular weight is 812 g/mol. The zero-order chi connectivity index (χ0) is 41.9. The van der Waals surface area contributed by atoms with Gasteiger partial charge in [0.25, 0.3) is 0 Å². The van der Waals surface area contributed by atoms with Gasteiger partial charge in [-0.15, -0.1) is 0 Å². The zero-order valence-electron chi connectivity index (χ0n) is 35.8. The highest BCUT2D eigenvalue weighted by Gasteiger charge is 2.44. The summed E-state index contributed by atoms with van der Waals surface area (Å²) in [5.41, 5.74) is 0. The summed E-state index contributed by atoms with van der Waals surface area (Å²) >= 11 is 0. The van der Waals surface area contributed by atoms with E-state index in [0.29, 0.717) is 12.8 Å². The number of carbonyl (C=O) groups is 1. The highest BCUT2D eigenvalue weighted by atomic mass is 16.7. The van der Waals surface area contributed by atoms with Gasteiger partial charge in [-0.2, -0.15) is 0 Å². The molecule has 0 aliphatic carbocycles. The third kappa shape index (κ3) is 26.2. The first kappa shape index (κ1) is 53.3. The fourth-order valence-corrected chi connectivity index (χ4v) is 7.06.